The average Bonchev–Trinajstić information content (AvgIpc) is 2.36. The molecule has 0 saturated carbocycles. The van der Waals surface area contributed by atoms with E-state index >= 15 is 0 Å². The van der Waals surface area contributed by atoms with Gasteiger partial charge in [-0.3, -0.25) is 9.78 Å². The number of hydrogen-bond donors (Lipinski definition) is 2. The number of amides is 1. The van der Waals surface area contributed by atoms with Gasteiger partial charge < -0.3 is 10.4 Å². The smallest absolute Gasteiger partial charge is 0.405 e. The molecule has 1 amide bonds. The number of carbonyl (C=O) groups excluding carboxylic acids is 1. The number of aromatic nitrogens is 1. The third-order valence-electron chi connectivity index (χ3n) is 3.24. The number of carbonyl (C=O) groups is 2. The molecule has 5 nitrogen and oxygen atoms in total. The molecule has 0 aromatic carbocycles. The Morgan fingerprint density at radius 3 is 2.45 bits per heavy atom. The van der Waals surface area contributed by atoms with E-state index in [9.17, 15) is 9.59 Å². The van der Waals surface area contributed by atoms with Gasteiger partial charge in [0.1, 0.15) is 5.78 Å². The second-order valence-electron chi connectivity index (χ2n) is 5.59. The van der Waals surface area contributed by atoms with Gasteiger partial charge in [0.05, 0.1) is 0 Å². The van der Waals surface area contributed by atoms with E-state index in [-0.39, 0.29) is 11.7 Å². The highest BCUT2D eigenvalue weighted by Crippen LogP contribution is 2.22. The van der Waals surface area contributed by atoms with E-state index in [1.807, 2.05) is 19.1 Å². The van der Waals surface area contributed by atoms with Crippen LogP contribution in [0.15, 0.2) is 24.5 Å². The van der Waals surface area contributed by atoms with E-state index in [1.54, 1.807) is 26.2 Å². The Balaban J connectivity index is 2.80. The topological polar surface area (TPSA) is 79.3 Å². The normalized spacial score (nSPS) is 12.8. The Kier molecular flexibility index (Phi) is 5.67. The SMILES string of the molecule is CCC(=O)[C@H](Cc1ccncc1)CC(C)(C)NC(=O)O. The third-order valence-corrected chi connectivity index (χ3v) is 3.24. The van der Waals surface area contributed by atoms with Crippen LogP contribution in [0.4, 0.5) is 4.79 Å². The van der Waals surface area contributed by atoms with Crippen LogP contribution >= 0.6 is 0 Å². The largest absolute Gasteiger partial charge is 0.465 e. The number of Topliss-reactive ketones (excluding diaryl/α,β-unsaturated/α-hetero) is 1. The molecule has 5 heteroatoms. The number of rotatable bonds is 7. The summed E-state index contributed by atoms with van der Waals surface area (Å²) >= 11 is 0. The van der Waals surface area contributed by atoms with Gasteiger partial charge in [-0.2, -0.15) is 0 Å². The molecule has 20 heavy (non-hydrogen) atoms. The molecule has 1 rings (SSSR count). The van der Waals surface area contributed by atoms with Crippen molar-refractivity contribution >= 4 is 11.9 Å². The van der Waals surface area contributed by atoms with Crippen LogP contribution in [0.2, 0.25) is 0 Å². The third kappa shape index (κ3) is 5.38. The number of pyridine rings is 1. The lowest BCUT2D eigenvalue weighted by Gasteiger charge is -2.29. The summed E-state index contributed by atoms with van der Waals surface area (Å²) in [5.41, 5.74) is 0.409. The van der Waals surface area contributed by atoms with Crippen molar-refractivity contribution in [1.29, 1.82) is 0 Å². The number of hydrogen-bond acceptors (Lipinski definition) is 3. The maximum Gasteiger partial charge on any atom is 0.405 e. The Morgan fingerprint density at radius 1 is 1.35 bits per heavy atom. The van der Waals surface area contributed by atoms with Gasteiger partial charge in [0, 0.05) is 30.3 Å². The Labute approximate surface area is 119 Å². The molecule has 110 valence electrons. The van der Waals surface area contributed by atoms with Crippen LogP contribution in [-0.4, -0.2) is 27.5 Å². The molecular weight excluding hydrogens is 256 g/mol. The Hall–Kier alpha value is -1.91. The summed E-state index contributed by atoms with van der Waals surface area (Å²) in [6.45, 7) is 5.42. The fraction of sp³-hybridized carbons (Fsp3) is 0.533. The van der Waals surface area contributed by atoms with Gasteiger partial charge in [-0.15, -0.1) is 0 Å². The highest BCUT2D eigenvalue weighted by Gasteiger charge is 2.28. The first-order chi connectivity index (χ1) is 9.34. The molecule has 0 unspecified atom stereocenters. The number of nitrogens with one attached hydrogen (secondary N) is 1. The molecule has 0 aliphatic carbocycles. The molecule has 0 radical (unpaired) electrons. The summed E-state index contributed by atoms with van der Waals surface area (Å²) in [7, 11) is 0. The van der Waals surface area contributed by atoms with E-state index in [0.717, 1.165) is 5.56 Å². The highest BCUT2D eigenvalue weighted by molar-refractivity contribution is 5.81. The van der Waals surface area contributed by atoms with E-state index in [4.69, 9.17) is 5.11 Å². The zero-order valence-corrected chi connectivity index (χ0v) is 12.2. The molecule has 1 aromatic heterocycles. The van der Waals surface area contributed by atoms with E-state index in [2.05, 4.69) is 10.3 Å². The molecule has 1 aromatic rings. The zero-order valence-electron chi connectivity index (χ0n) is 12.2. The molecule has 0 aliphatic rings. The summed E-state index contributed by atoms with van der Waals surface area (Å²) in [4.78, 5) is 26.8. The van der Waals surface area contributed by atoms with Crippen LogP contribution in [0.3, 0.4) is 0 Å². The first-order valence-corrected chi connectivity index (χ1v) is 6.77. The first-order valence-electron chi connectivity index (χ1n) is 6.77. The Bertz CT molecular complexity index is 457. The standard InChI is InChI=1S/C15H22N2O3/c1-4-13(18)12(9-11-5-7-16-8-6-11)10-15(2,3)17-14(19)20/h5-8,12,17H,4,9-10H2,1-3H3,(H,19,20)/t12-/m1/s1. The molecule has 1 heterocycles. The molecule has 0 bridgehead atoms. The van der Waals surface area contributed by atoms with Gasteiger partial charge in [0.2, 0.25) is 0 Å². The molecule has 2 N–H and O–H groups in total. The Morgan fingerprint density at radius 2 is 1.95 bits per heavy atom. The zero-order chi connectivity index (χ0) is 15.2. The molecule has 0 saturated heterocycles. The lowest BCUT2D eigenvalue weighted by molar-refractivity contribution is -0.123. The van der Waals surface area contributed by atoms with Crippen molar-refractivity contribution < 1.29 is 14.7 Å². The predicted molar refractivity (Wildman–Crippen MR) is 76.6 cm³/mol. The van der Waals surface area contributed by atoms with Gasteiger partial charge >= 0.3 is 6.09 Å². The van der Waals surface area contributed by atoms with Crippen LogP contribution in [0.25, 0.3) is 0 Å². The fourth-order valence-corrected chi connectivity index (χ4v) is 2.35. The number of carboxylic acid groups (broad SMARTS) is 1. The number of ketones is 1. The predicted octanol–water partition coefficient (Wildman–Crippen LogP) is 2.66. The summed E-state index contributed by atoms with van der Waals surface area (Å²) in [5, 5.41) is 11.3. The van der Waals surface area contributed by atoms with Crippen molar-refractivity contribution in [1.82, 2.24) is 10.3 Å². The van der Waals surface area contributed by atoms with Crippen molar-refractivity contribution in [2.24, 2.45) is 5.92 Å². The summed E-state index contributed by atoms with van der Waals surface area (Å²) in [6, 6.07) is 3.77. The molecular formula is C15H22N2O3. The molecule has 0 aliphatic heterocycles. The van der Waals surface area contributed by atoms with Crippen LogP contribution in [0, 0.1) is 5.92 Å². The maximum absolute atomic E-state index is 12.1. The van der Waals surface area contributed by atoms with Crippen molar-refractivity contribution in [3.05, 3.63) is 30.1 Å². The van der Waals surface area contributed by atoms with Crippen molar-refractivity contribution in [2.45, 2.75) is 45.6 Å². The van der Waals surface area contributed by atoms with Gasteiger partial charge in [0.15, 0.2) is 0 Å². The quantitative estimate of drug-likeness (QED) is 0.803. The molecule has 1 atom stereocenters. The van der Waals surface area contributed by atoms with Crippen molar-refractivity contribution in [3.63, 3.8) is 0 Å². The summed E-state index contributed by atoms with van der Waals surface area (Å²) in [5.74, 6) is -0.0358. The average molecular weight is 278 g/mol. The monoisotopic (exact) mass is 278 g/mol. The minimum Gasteiger partial charge on any atom is -0.465 e. The van der Waals surface area contributed by atoms with Gasteiger partial charge in [-0.05, 0) is 44.4 Å². The van der Waals surface area contributed by atoms with E-state index < -0.39 is 11.6 Å². The van der Waals surface area contributed by atoms with Crippen LogP contribution in [-0.2, 0) is 11.2 Å². The van der Waals surface area contributed by atoms with E-state index in [1.165, 1.54) is 0 Å². The maximum atomic E-state index is 12.1. The molecule has 0 spiro atoms. The lowest BCUT2D eigenvalue weighted by Crippen LogP contribution is -2.45. The van der Waals surface area contributed by atoms with Gasteiger partial charge in [-0.25, -0.2) is 4.79 Å². The van der Waals surface area contributed by atoms with E-state index in [0.29, 0.717) is 19.3 Å². The van der Waals surface area contributed by atoms with Crippen molar-refractivity contribution in [2.75, 3.05) is 0 Å². The van der Waals surface area contributed by atoms with Crippen molar-refractivity contribution in [3.8, 4) is 0 Å². The summed E-state index contributed by atoms with van der Waals surface area (Å²) in [6.07, 6.45) is 3.88. The second-order valence-corrected chi connectivity index (χ2v) is 5.59. The number of nitrogens with zero attached hydrogens (tertiary/aromatic N) is 1. The first kappa shape index (κ1) is 16.1. The highest BCUT2D eigenvalue weighted by atomic mass is 16.4. The van der Waals surface area contributed by atoms with Crippen LogP contribution < -0.4 is 5.32 Å². The summed E-state index contributed by atoms with van der Waals surface area (Å²) < 4.78 is 0. The minimum atomic E-state index is -1.07. The molecule has 0 fully saturated rings. The van der Waals surface area contributed by atoms with Gasteiger partial charge in [-0.1, -0.05) is 6.92 Å². The minimum absolute atomic E-state index is 0.155. The lowest BCUT2D eigenvalue weighted by atomic mass is 9.83. The second kappa shape index (κ2) is 7.03. The van der Waals surface area contributed by atoms with Gasteiger partial charge in [0.25, 0.3) is 0 Å². The van der Waals surface area contributed by atoms with Crippen LogP contribution in [0.1, 0.15) is 39.2 Å². The van der Waals surface area contributed by atoms with Crippen LogP contribution in [0.5, 0.6) is 0 Å². The fourth-order valence-electron chi connectivity index (χ4n) is 2.35.